The molecule has 0 saturated carbocycles. The lowest BCUT2D eigenvalue weighted by atomic mass is 10.2. The van der Waals surface area contributed by atoms with Crippen LogP contribution in [0, 0.1) is 17.0 Å². The van der Waals surface area contributed by atoms with Crippen molar-refractivity contribution in [2.24, 2.45) is 0 Å². The standard InChI is InChI=1S/C14H16N4O3/c1-4-12-16-13(15-3)8-14(17-12)21-11-7-5-6-10(9(11)2)18(19)20/h5-8H,4H2,1-3H3,(H,15,16,17). The van der Waals surface area contributed by atoms with Gasteiger partial charge in [0.25, 0.3) is 5.69 Å². The van der Waals surface area contributed by atoms with Crippen molar-refractivity contribution in [1.29, 1.82) is 0 Å². The monoisotopic (exact) mass is 288 g/mol. The average Bonchev–Trinajstić information content (AvgIpc) is 2.48. The normalized spacial score (nSPS) is 10.2. The summed E-state index contributed by atoms with van der Waals surface area (Å²) < 4.78 is 5.69. The highest BCUT2D eigenvalue weighted by molar-refractivity contribution is 5.50. The van der Waals surface area contributed by atoms with E-state index in [1.807, 2.05) is 6.92 Å². The molecule has 1 aromatic carbocycles. The molecule has 0 aliphatic rings. The molecular weight excluding hydrogens is 272 g/mol. The first kappa shape index (κ1) is 14.7. The van der Waals surface area contributed by atoms with E-state index >= 15 is 0 Å². The van der Waals surface area contributed by atoms with Crippen LogP contribution in [0.15, 0.2) is 24.3 Å². The number of hydrogen-bond acceptors (Lipinski definition) is 6. The van der Waals surface area contributed by atoms with E-state index < -0.39 is 4.92 Å². The number of ether oxygens (including phenoxy) is 1. The molecule has 0 aliphatic heterocycles. The Hall–Kier alpha value is -2.70. The minimum atomic E-state index is -0.432. The Kier molecular flexibility index (Phi) is 4.32. The Bertz CT molecular complexity index is 651. The fraction of sp³-hybridized carbons (Fsp3) is 0.286. The van der Waals surface area contributed by atoms with Crippen LogP contribution in [0.25, 0.3) is 0 Å². The van der Waals surface area contributed by atoms with Crippen LogP contribution in [-0.4, -0.2) is 21.9 Å². The summed E-state index contributed by atoms with van der Waals surface area (Å²) in [5.41, 5.74) is 0.483. The van der Waals surface area contributed by atoms with Crippen molar-refractivity contribution in [2.45, 2.75) is 20.3 Å². The van der Waals surface area contributed by atoms with Gasteiger partial charge >= 0.3 is 0 Å². The summed E-state index contributed by atoms with van der Waals surface area (Å²) in [6.45, 7) is 3.59. The molecule has 2 aromatic rings. The van der Waals surface area contributed by atoms with Crippen molar-refractivity contribution in [2.75, 3.05) is 12.4 Å². The van der Waals surface area contributed by atoms with Crippen LogP contribution in [0.3, 0.4) is 0 Å². The zero-order chi connectivity index (χ0) is 15.4. The number of hydrogen-bond donors (Lipinski definition) is 1. The van der Waals surface area contributed by atoms with Gasteiger partial charge in [0, 0.05) is 25.6 Å². The van der Waals surface area contributed by atoms with E-state index in [0.29, 0.717) is 35.3 Å². The van der Waals surface area contributed by atoms with Gasteiger partial charge in [0.1, 0.15) is 17.4 Å². The Balaban J connectivity index is 2.38. The molecule has 1 heterocycles. The largest absolute Gasteiger partial charge is 0.438 e. The molecular formula is C14H16N4O3. The molecule has 7 nitrogen and oxygen atoms in total. The predicted octanol–water partition coefficient (Wildman–Crippen LogP) is 3.09. The number of anilines is 1. The molecule has 0 radical (unpaired) electrons. The fourth-order valence-corrected chi connectivity index (χ4v) is 1.84. The number of aryl methyl sites for hydroxylation is 1. The van der Waals surface area contributed by atoms with Crippen LogP contribution >= 0.6 is 0 Å². The summed E-state index contributed by atoms with van der Waals surface area (Å²) in [5, 5.41) is 13.9. The highest BCUT2D eigenvalue weighted by atomic mass is 16.6. The summed E-state index contributed by atoms with van der Waals surface area (Å²) in [5.74, 6) is 2.04. The number of nitro benzene ring substituents is 1. The fourth-order valence-electron chi connectivity index (χ4n) is 1.84. The summed E-state index contributed by atoms with van der Waals surface area (Å²) in [6, 6.07) is 6.35. The first-order valence-corrected chi connectivity index (χ1v) is 6.52. The minimum absolute atomic E-state index is 0.0195. The van der Waals surface area contributed by atoms with Crippen LogP contribution in [0.2, 0.25) is 0 Å². The molecule has 0 aliphatic carbocycles. The van der Waals surface area contributed by atoms with Gasteiger partial charge in [-0.3, -0.25) is 10.1 Å². The smallest absolute Gasteiger partial charge is 0.276 e. The van der Waals surface area contributed by atoms with Gasteiger partial charge < -0.3 is 10.1 Å². The number of nitro groups is 1. The molecule has 0 fully saturated rings. The highest BCUT2D eigenvalue weighted by Gasteiger charge is 2.15. The molecule has 0 atom stereocenters. The second kappa shape index (κ2) is 6.17. The van der Waals surface area contributed by atoms with Gasteiger partial charge in [-0.15, -0.1) is 0 Å². The third kappa shape index (κ3) is 3.25. The summed E-state index contributed by atoms with van der Waals surface area (Å²) in [6.07, 6.45) is 0.666. The Morgan fingerprint density at radius 1 is 1.38 bits per heavy atom. The van der Waals surface area contributed by atoms with Crippen LogP contribution in [-0.2, 0) is 6.42 Å². The molecule has 7 heteroatoms. The van der Waals surface area contributed by atoms with Gasteiger partial charge in [-0.1, -0.05) is 13.0 Å². The van der Waals surface area contributed by atoms with Crippen molar-refractivity contribution >= 4 is 11.5 Å². The maximum Gasteiger partial charge on any atom is 0.276 e. The number of rotatable bonds is 5. The molecule has 1 aromatic heterocycles. The zero-order valence-corrected chi connectivity index (χ0v) is 12.1. The first-order valence-electron chi connectivity index (χ1n) is 6.52. The lowest BCUT2D eigenvalue weighted by molar-refractivity contribution is -0.385. The van der Waals surface area contributed by atoms with Crippen molar-refractivity contribution < 1.29 is 9.66 Å². The van der Waals surface area contributed by atoms with Crippen molar-refractivity contribution in [3.8, 4) is 11.6 Å². The van der Waals surface area contributed by atoms with Crippen LogP contribution < -0.4 is 10.1 Å². The lowest BCUT2D eigenvalue weighted by Crippen LogP contribution is -2.02. The molecule has 0 unspecified atom stereocenters. The molecule has 0 bridgehead atoms. The SMILES string of the molecule is CCc1nc(NC)cc(Oc2cccc([N+](=O)[O-])c2C)n1. The van der Waals surface area contributed by atoms with Crippen LogP contribution in [0.4, 0.5) is 11.5 Å². The Labute approximate surface area is 122 Å². The van der Waals surface area contributed by atoms with Crippen molar-refractivity contribution in [1.82, 2.24) is 9.97 Å². The average molecular weight is 288 g/mol. The van der Waals surface area contributed by atoms with Gasteiger partial charge in [-0.05, 0) is 13.0 Å². The quantitative estimate of drug-likeness (QED) is 0.671. The number of nitrogens with zero attached hydrogens (tertiary/aromatic N) is 3. The van der Waals surface area contributed by atoms with E-state index in [2.05, 4.69) is 15.3 Å². The summed E-state index contributed by atoms with van der Waals surface area (Å²) in [7, 11) is 1.75. The number of nitrogens with one attached hydrogen (secondary N) is 1. The van der Waals surface area contributed by atoms with Gasteiger partial charge in [0.2, 0.25) is 5.88 Å². The van der Waals surface area contributed by atoms with E-state index in [1.54, 1.807) is 32.2 Å². The molecule has 1 N–H and O–H groups in total. The van der Waals surface area contributed by atoms with E-state index in [4.69, 9.17) is 4.74 Å². The predicted molar refractivity (Wildman–Crippen MR) is 78.9 cm³/mol. The first-order chi connectivity index (χ1) is 10.0. The molecule has 21 heavy (non-hydrogen) atoms. The van der Waals surface area contributed by atoms with Gasteiger partial charge in [-0.25, -0.2) is 4.98 Å². The third-order valence-corrected chi connectivity index (χ3v) is 2.99. The van der Waals surface area contributed by atoms with Gasteiger partial charge in [0.05, 0.1) is 10.5 Å². The van der Waals surface area contributed by atoms with E-state index in [9.17, 15) is 10.1 Å². The maximum absolute atomic E-state index is 10.9. The topological polar surface area (TPSA) is 90.2 Å². The van der Waals surface area contributed by atoms with Crippen LogP contribution in [0.1, 0.15) is 18.3 Å². The Morgan fingerprint density at radius 3 is 2.76 bits per heavy atom. The van der Waals surface area contributed by atoms with Gasteiger partial charge in [-0.2, -0.15) is 4.98 Å². The minimum Gasteiger partial charge on any atom is -0.438 e. The second-order valence-electron chi connectivity index (χ2n) is 4.37. The number of benzene rings is 1. The highest BCUT2D eigenvalue weighted by Crippen LogP contribution is 2.30. The summed E-state index contributed by atoms with van der Waals surface area (Å²) in [4.78, 5) is 19.0. The van der Waals surface area contributed by atoms with E-state index in [0.717, 1.165) is 0 Å². The number of aromatic nitrogens is 2. The zero-order valence-electron chi connectivity index (χ0n) is 12.1. The molecule has 0 spiro atoms. The molecule has 0 saturated heterocycles. The molecule has 2 rings (SSSR count). The lowest BCUT2D eigenvalue weighted by Gasteiger charge is -2.10. The molecule has 0 amide bonds. The van der Waals surface area contributed by atoms with Crippen molar-refractivity contribution in [3.05, 3.63) is 45.8 Å². The van der Waals surface area contributed by atoms with Crippen LogP contribution in [0.5, 0.6) is 11.6 Å². The molecule has 110 valence electrons. The Morgan fingerprint density at radius 2 is 2.14 bits per heavy atom. The van der Waals surface area contributed by atoms with Gasteiger partial charge in [0.15, 0.2) is 0 Å². The van der Waals surface area contributed by atoms with Crippen molar-refractivity contribution in [3.63, 3.8) is 0 Å². The third-order valence-electron chi connectivity index (χ3n) is 2.99. The maximum atomic E-state index is 10.9. The second-order valence-corrected chi connectivity index (χ2v) is 4.37. The van der Waals surface area contributed by atoms with E-state index in [-0.39, 0.29) is 5.69 Å². The van der Waals surface area contributed by atoms with E-state index in [1.165, 1.54) is 6.07 Å². The summed E-state index contributed by atoms with van der Waals surface area (Å²) >= 11 is 0.